The molecule has 202 valence electrons. The van der Waals surface area contributed by atoms with E-state index in [0.717, 1.165) is 85.4 Å². The molecule has 1 aromatic heterocycles. The Morgan fingerprint density at radius 1 is 1.05 bits per heavy atom. The predicted octanol–water partition coefficient (Wildman–Crippen LogP) is 6.89. The number of imidazole rings is 1. The van der Waals surface area contributed by atoms with Crippen LogP contribution in [0.3, 0.4) is 0 Å². The summed E-state index contributed by atoms with van der Waals surface area (Å²) in [5.74, 6) is 5.24. The zero-order chi connectivity index (χ0) is 26.1. The van der Waals surface area contributed by atoms with E-state index < -0.39 is 0 Å². The molecular formula is C33H43N3O2. The van der Waals surface area contributed by atoms with E-state index in [1.165, 1.54) is 24.8 Å². The Labute approximate surface area is 227 Å². The lowest BCUT2D eigenvalue weighted by atomic mass is 9.49. The van der Waals surface area contributed by atoms with Crippen molar-refractivity contribution in [2.75, 3.05) is 13.2 Å². The summed E-state index contributed by atoms with van der Waals surface area (Å²) in [6.07, 6.45) is 10.2. The van der Waals surface area contributed by atoms with Gasteiger partial charge in [0.2, 0.25) is 5.91 Å². The molecule has 5 nitrogen and oxygen atoms in total. The summed E-state index contributed by atoms with van der Waals surface area (Å²) in [6.45, 7) is 6.65. The minimum absolute atomic E-state index is 0.0843. The number of hydrogen-bond acceptors (Lipinski definition) is 3. The molecule has 4 aliphatic carbocycles. The van der Waals surface area contributed by atoms with Gasteiger partial charge < -0.3 is 14.6 Å². The van der Waals surface area contributed by atoms with E-state index in [1.54, 1.807) is 0 Å². The molecule has 4 bridgehead atoms. The fourth-order valence-electron chi connectivity index (χ4n) is 7.97. The molecule has 4 saturated carbocycles. The summed E-state index contributed by atoms with van der Waals surface area (Å²) >= 11 is 0. The number of amides is 1. The number of nitrogens with one attached hydrogen (secondary N) is 1. The molecule has 4 aliphatic rings. The third-order valence-corrected chi connectivity index (χ3v) is 9.74. The van der Waals surface area contributed by atoms with E-state index in [-0.39, 0.29) is 5.41 Å². The molecule has 0 aliphatic heterocycles. The minimum atomic E-state index is -0.0843. The van der Waals surface area contributed by atoms with Gasteiger partial charge in [0.1, 0.15) is 11.6 Å². The summed E-state index contributed by atoms with van der Waals surface area (Å²) in [7, 11) is 0. The van der Waals surface area contributed by atoms with Crippen molar-refractivity contribution >= 4 is 16.9 Å². The number of carbonyl (C=O) groups excluding carboxylic acids is 1. The summed E-state index contributed by atoms with van der Waals surface area (Å²) < 4.78 is 8.38. The Kier molecular flexibility index (Phi) is 7.20. The lowest BCUT2D eigenvalue weighted by molar-refractivity contribution is -0.146. The number of benzene rings is 2. The van der Waals surface area contributed by atoms with Crippen molar-refractivity contribution in [2.45, 2.75) is 84.1 Å². The van der Waals surface area contributed by atoms with Crippen LogP contribution in [0.1, 0.15) is 82.5 Å². The number of ether oxygens (including phenoxy) is 1. The van der Waals surface area contributed by atoms with E-state index in [0.29, 0.717) is 25.0 Å². The third kappa shape index (κ3) is 5.09. The van der Waals surface area contributed by atoms with Crippen LogP contribution in [0.5, 0.6) is 5.75 Å². The number of rotatable bonds is 11. The van der Waals surface area contributed by atoms with Crippen molar-refractivity contribution < 1.29 is 9.53 Å². The molecule has 1 amide bonds. The van der Waals surface area contributed by atoms with Crippen LogP contribution >= 0.6 is 0 Å². The van der Waals surface area contributed by atoms with Gasteiger partial charge in [0, 0.05) is 24.9 Å². The highest BCUT2D eigenvalue weighted by Gasteiger charge is 2.54. The maximum Gasteiger partial charge on any atom is 0.226 e. The van der Waals surface area contributed by atoms with Crippen molar-refractivity contribution in [3.63, 3.8) is 0 Å². The summed E-state index contributed by atoms with van der Waals surface area (Å²) in [6, 6.07) is 16.9. The summed E-state index contributed by atoms with van der Waals surface area (Å²) in [5, 5.41) is 3.35. The van der Waals surface area contributed by atoms with Crippen molar-refractivity contribution in [1.29, 1.82) is 0 Å². The van der Waals surface area contributed by atoms with Crippen LogP contribution in [0.2, 0.25) is 0 Å². The first-order valence-electron chi connectivity index (χ1n) is 15.0. The number of aromatic nitrogens is 2. The summed E-state index contributed by atoms with van der Waals surface area (Å²) in [5.41, 5.74) is 3.47. The van der Waals surface area contributed by atoms with Crippen LogP contribution in [-0.4, -0.2) is 28.6 Å². The lowest BCUT2D eigenvalue weighted by Crippen LogP contribution is -2.53. The van der Waals surface area contributed by atoms with Gasteiger partial charge in [0.05, 0.1) is 17.6 Å². The number of carbonyl (C=O) groups is 1. The zero-order valence-electron chi connectivity index (χ0n) is 23.1. The van der Waals surface area contributed by atoms with E-state index in [9.17, 15) is 4.79 Å². The number of hydrogen-bond donors (Lipinski definition) is 1. The van der Waals surface area contributed by atoms with Crippen LogP contribution in [-0.2, 0) is 17.8 Å². The molecule has 1 N–H and O–H groups in total. The second-order valence-corrected chi connectivity index (χ2v) is 12.5. The quantitative estimate of drug-likeness (QED) is 0.284. The molecule has 7 rings (SSSR count). The molecule has 0 spiro atoms. The maximum absolute atomic E-state index is 13.4. The minimum Gasteiger partial charge on any atom is -0.494 e. The van der Waals surface area contributed by atoms with Crippen molar-refractivity contribution in [3.8, 4) is 5.75 Å². The zero-order valence-corrected chi connectivity index (χ0v) is 23.1. The van der Waals surface area contributed by atoms with Gasteiger partial charge in [-0.2, -0.15) is 0 Å². The second kappa shape index (κ2) is 10.7. The highest BCUT2D eigenvalue weighted by Crippen LogP contribution is 2.60. The van der Waals surface area contributed by atoms with E-state index >= 15 is 0 Å². The Hall–Kier alpha value is -2.82. The van der Waals surface area contributed by atoms with Crippen LogP contribution < -0.4 is 10.1 Å². The molecule has 5 heteroatoms. The average molecular weight is 514 g/mol. The lowest BCUT2D eigenvalue weighted by Gasteiger charge is -2.55. The topological polar surface area (TPSA) is 56.1 Å². The van der Waals surface area contributed by atoms with Crippen molar-refractivity contribution in [1.82, 2.24) is 14.9 Å². The molecule has 4 fully saturated rings. The molecule has 0 saturated heterocycles. The monoisotopic (exact) mass is 513 g/mol. The normalized spacial score (nSPS) is 26.5. The molecule has 0 radical (unpaired) electrons. The smallest absolute Gasteiger partial charge is 0.226 e. The highest BCUT2D eigenvalue weighted by atomic mass is 16.5. The fourth-order valence-corrected chi connectivity index (χ4v) is 7.97. The van der Waals surface area contributed by atoms with E-state index in [1.807, 2.05) is 6.07 Å². The molecule has 1 atom stereocenters. The van der Waals surface area contributed by atoms with Crippen LogP contribution in [0.15, 0.2) is 48.5 Å². The largest absolute Gasteiger partial charge is 0.494 e. The van der Waals surface area contributed by atoms with Crippen molar-refractivity contribution in [2.24, 2.45) is 23.2 Å². The van der Waals surface area contributed by atoms with Gasteiger partial charge in [-0.15, -0.1) is 0 Å². The number of aryl methyl sites for hydroxylation is 1. The number of nitrogens with zero attached hydrogens (tertiary/aromatic N) is 2. The first-order valence-corrected chi connectivity index (χ1v) is 15.0. The summed E-state index contributed by atoms with van der Waals surface area (Å²) in [4.78, 5) is 18.4. The van der Waals surface area contributed by atoms with E-state index in [2.05, 4.69) is 66.2 Å². The number of para-hydroxylation sites is 2. The predicted molar refractivity (Wildman–Crippen MR) is 152 cm³/mol. The van der Waals surface area contributed by atoms with Gasteiger partial charge in [-0.25, -0.2) is 4.98 Å². The third-order valence-electron chi connectivity index (χ3n) is 9.74. The van der Waals surface area contributed by atoms with Gasteiger partial charge in [-0.05, 0) is 105 Å². The Morgan fingerprint density at radius 3 is 2.42 bits per heavy atom. The van der Waals surface area contributed by atoms with Crippen LogP contribution in [0.4, 0.5) is 0 Å². The fraction of sp³-hybridized carbons (Fsp3) is 0.576. The van der Waals surface area contributed by atoms with Gasteiger partial charge in [0.25, 0.3) is 0 Å². The number of fused-ring (bicyclic) bond motifs is 1. The Balaban J connectivity index is 1.05. The van der Waals surface area contributed by atoms with Gasteiger partial charge >= 0.3 is 0 Å². The standard InChI is InChI=1S/C33H43N3O2/c1-3-23(2)27-9-11-28(12-10-27)38-16-6-15-36-30-8-5-4-7-29(30)35-31(36)13-14-34-32(37)33-20-24-17-25(21-33)19-26(18-24)22-33/h4-5,7-12,23-26H,3,6,13-22H2,1-2H3,(H,34,37). The SMILES string of the molecule is CCC(C)c1ccc(OCCCn2c(CCNC(=O)C34CC5CC(CC(C5)C3)C4)nc3ccccc32)cc1. The average Bonchev–Trinajstić information content (AvgIpc) is 3.27. The molecule has 1 heterocycles. The van der Waals surface area contributed by atoms with Crippen molar-refractivity contribution in [3.05, 3.63) is 59.9 Å². The molecule has 3 aromatic rings. The Bertz CT molecular complexity index is 1230. The molecule has 2 aromatic carbocycles. The molecule has 38 heavy (non-hydrogen) atoms. The first-order chi connectivity index (χ1) is 18.5. The van der Waals surface area contributed by atoms with E-state index in [4.69, 9.17) is 9.72 Å². The van der Waals surface area contributed by atoms with Gasteiger partial charge in [0.15, 0.2) is 0 Å². The first kappa shape index (κ1) is 25.5. The molecular weight excluding hydrogens is 470 g/mol. The highest BCUT2D eigenvalue weighted by molar-refractivity contribution is 5.83. The Morgan fingerprint density at radius 2 is 1.74 bits per heavy atom. The second-order valence-electron chi connectivity index (χ2n) is 12.5. The van der Waals surface area contributed by atoms with Gasteiger partial charge in [-0.3, -0.25) is 4.79 Å². The molecule has 1 unspecified atom stereocenters. The maximum atomic E-state index is 13.4. The van der Waals surface area contributed by atoms with Gasteiger partial charge in [-0.1, -0.05) is 38.1 Å². The van der Waals surface area contributed by atoms with Crippen LogP contribution in [0, 0.1) is 23.2 Å². The van der Waals surface area contributed by atoms with Crippen LogP contribution in [0.25, 0.3) is 11.0 Å².